The Hall–Kier alpha value is -4.73. The predicted molar refractivity (Wildman–Crippen MR) is 198 cm³/mol. The predicted octanol–water partition coefficient (Wildman–Crippen LogP) is 7.38. The first-order valence-corrected chi connectivity index (χ1v) is 18.4. The van der Waals surface area contributed by atoms with Crippen LogP contribution in [0.5, 0.6) is 28.7 Å². The largest absolute Gasteiger partial charge is 0.531 e. The molecule has 0 aliphatic rings. The molecule has 5 rings (SSSR count). The smallest absolute Gasteiger partial charge is 0.320 e. The second-order valence-corrected chi connectivity index (χ2v) is 17.7. The number of methoxy groups -OCH3 is 2. The minimum atomic E-state index is -3.24. The van der Waals surface area contributed by atoms with Gasteiger partial charge in [-0.25, -0.2) is 0 Å². The van der Waals surface area contributed by atoms with Gasteiger partial charge in [-0.1, -0.05) is 106 Å². The number of nitrogens with zero attached hydrogens (tertiary/aromatic N) is 1. The van der Waals surface area contributed by atoms with Gasteiger partial charge in [0.1, 0.15) is 17.2 Å². The number of aromatic hydroxyl groups is 2. The second kappa shape index (κ2) is 13.6. The first kappa shape index (κ1) is 35.6. The van der Waals surface area contributed by atoms with E-state index >= 15 is 0 Å². The Morgan fingerprint density at radius 2 is 1.47 bits per heavy atom. The highest BCUT2D eigenvalue weighted by Crippen LogP contribution is 2.52. The first-order chi connectivity index (χ1) is 23.2. The molecular weight excluding hydrogens is 658 g/mol. The van der Waals surface area contributed by atoms with Crippen LogP contribution in [-0.2, 0) is 13.5 Å². The highest BCUT2D eigenvalue weighted by atomic mass is 35.5. The number of benzene rings is 4. The van der Waals surface area contributed by atoms with E-state index in [1.54, 1.807) is 7.05 Å². The van der Waals surface area contributed by atoms with Crippen LogP contribution >= 0.6 is 11.6 Å². The summed E-state index contributed by atoms with van der Waals surface area (Å²) in [6.45, 7) is 9.66. The normalized spacial score (nSPS) is 11.9. The van der Waals surface area contributed by atoms with Crippen molar-refractivity contribution in [2.24, 2.45) is 7.05 Å². The molecule has 0 aliphatic heterocycles. The Morgan fingerprint density at radius 1 is 0.898 bits per heavy atom. The number of carbonyl (C=O) groups excluding carboxylic acids is 1. The van der Waals surface area contributed by atoms with Crippen LogP contribution in [0.25, 0.3) is 21.9 Å². The number of Topliss-reactive ketones (excluding diaryl/α,β-unsaturated/α-hetero) is 1. The average Bonchev–Trinajstić information content (AvgIpc) is 3.08. The molecule has 0 unspecified atom stereocenters. The van der Waals surface area contributed by atoms with Crippen LogP contribution in [0.4, 0.5) is 0 Å². The monoisotopic (exact) mass is 699 g/mol. The van der Waals surface area contributed by atoms with Crippen LogP contribution in [0.1, 0.15) is 57.1 Å². The minimum Gasteiger partial charge on any atom is -0.531 e. The number of rotatable bonds is 10. The summed E-state index contributed by atoms with van der Waals surface area (Å²) in [6.07, 6.45) is 1.27. The van der Waals surface area contributed by atoms with E-state index in [0.29, 0.717) is 12.1 Å². The van der Waals surface area contributed by atoms with E-state index in [1.807, 2.05) is 67.6 Å². The molecule has 0 atom stereocenters. The van der Waals surface area contributed by atoms with Crippen molar-refractivity contribution in [3.05, 3.63) is 99.4 Å². The maximum absolute atomic E-state index is 13.8. The molecule has 0 amide bonds. The third-order valence-electron chi connectivity index (χ3n) is 9.10. The van der Waals surface area contributed by atoms with Crippen LogP contribution in [0.3, 0.4) is 0 Å². The number of halogens is 1. The van der Waals surface area contributed by atoms with Crippen molar-refractivity contribution in [1.82, 2.24) is 4.57 Å². The van der Waals surface area contributed by atoms with E-state index in [-0.39, 0.29) is 55.5 Å². The van der Waals surface area contributed by atoms with Gasteiger partial charge in [0.25, 0.3) is 5.56 Å². The number of aromatic nitrogens is 1. The number of hydrogen-bond donors (Lipinski definition) is 2. The molecular formula is C39H42ClNO7Si. The standard InChI is InChI=1S/C39H42ClNO7Si/c1-9-16-27-35(40)33-29(46-7)21-26(36(44)34(33)38(45)41(27)6)32-28(43)22-30(37(47-8)31(32)23(2)42)48-49(39(3,4)5,24-17-12-10-13-18-24)25-19-14-11-15-20-25/h10-15,17-22,43-44H,9,16H2,1-8H3. The summed E-state index contributed by atoms with van der Waals surface area (Å²) >= 11 is 6.85. The zero-order chi connectivity index (χ0) is 35.8. The maximum Gasteiger partial charge on any atom is 0.320 e. The third-order valence-corrected chi connectivity index (χ3v) is 14.4. The lowest BCUT2D eigenvalue weighted by molar-refractivity contribution is 0.101. The van der Waals surface area contributed by atoms with E-state index in [9.17, 15) is 19.8 Å². The Bertz CT molecular complexity index is 2070. The van der Waals surface area contributed by atoms with Gasteiger partial charge in [-0.05, 0) is 34.8 Å². The lowest BCUT2D eigenvalue weighted by atomic mass is 9.92. The fourth-order valence-corrected chi connectivity index (χ4v) is 11.7. The molecule has 0 bridgehead atoms. The zero-order valence-electron chi connectivity index (χ0n) is 29.1. The lowest BCUT2D eigenvalue weighted by Crippen LogP contribution is -2.68. The molecule has 1 heterocycles. The van der Waals surface area contributed by atoms with Gasteiger partial charge in [-0.15, -0.1) is 0 Å². The number of hydrogen-bond acceptors (Lipinski definition) is 7. The van der Waals surface area contributed by atoms with Gasteiger partial charge < -0.3 is 28.7 Å². The second-order valence-electron chi connectivity index (χ2n) is 13.1. The Morgan fingerprint density at radius 3 is 1.94 bits per heavy atom. The quantitative estimate of drug-likeness (QED) is 0.116. The van der Waals surface area contributed by atoms with Gasteiger partial charge in [0, 0.05) is 29.9 Å². The van der Waals surface area contributed by atoms with Gasteiger partial charge in [0.2, 0.25) is 0 Å². The highest BCUT2D eigenvalue weighted by Gasteiger charge is 2.52. The van der Waals surface area contributed by atoms with Gasteiger partial charge in [0.05, 0.1) is 35.6 Å². The maximum atomic E-state index is 13.8. The average molecular weight is 700 g/mol. The zero-order valence-corrected chi connectivity index (χ0v) is 30.9. The molecule has 1 aromatic heterocycles. The summed E-state index contributed by atoms with van der Waals surface area (Å²) in [4.78, 5) is 27.4. The van der Waals surface area contributed by atoms with E-state index in [4.69, 9.17) is 25.5 Å². The van der Waals surface area contributed by atoms with E-state index in [1.165, 1.54) is 37.8 Å². The summed E-state index contributed by atoms with van der Waals surface area (Å²) in [6, 6.07) is 22.8. The lowest BCUT2D eigenvalue weighted by Gasteiger charge is -2.43. The number of ether oxygens (including phenoxy) is 2. The van der Waals surface area contributed by atoms with Crippen LogP contribution in [0.15, 0.2) is 77.6 Å². The van der Waals surface area contributed by atoms with Gasteiger partial charge >= 0.3 is 8.32 Å². The molecule has 256 valence electrons. The van der Waals surface area contributed by atoms with Crippen molar-refractivity contribution < 1.29 is 28.9 Å². The summed E-state index contributed by atoms with van der Waals surface area (Å²) in [5, 5.41) is 25.6. The van der Waals surface area contributed by atoms with Crippen molar-refractivity contribution in [1.29, 1.82) is 0 Å². The number of carbonyl (C=O) groups is 1. The molecule has 0 saturated heterocycles. The minimum absolute atomic E-state index is 0.00115. The third kappa shape index (κ3) is 5.85. The number of phenols is 2. The topological polar surface area (TPSA) is 107 Å². The van der Waals surface area contributed by atoms with Crippen molar-refractivity contribution >= 4 is 46.8 Å². The summed E-state index contributed by atoms with van der Waals surface area (Å²) in [5.41, 5.74) is 0.0398. The number of ketones is 1. The van der Waals surface area contributed by atoms with Gasteiger partial charge in [0.15, 0.2) is 17.3 Å². The Kier molecular flexibility index (Phi) is 9.90. The fourth-order valence-electron chi connectivity index (χ4n) is 6.85. The number of pyridine rings is 1. The molecule has 5 aromatic rings. The molecule has 0 fully saturated rings. The van der Waals surface area contributed by atoms with E-state index < -0.39 is 30.4 Å². The molecule has 10 heteroatoms. The number of phenolic OH excluding ortho intramolecular Hbond substituents is 2. The summed E-state index contributed by atoms with van der Waals surface area (Å²) < 4.78 is 20.3. The van der Waals surface area contributed by atoms with Crippen molar-refractivity contribution in [2.75, 3.05) is 14.2 Å². The van der Waals surface area contributed by atoms with E-state index in [0.717, 1.165) is 16.8 Å². The fraction of sp³-hybridized carbons (Fsp3) is 0.282. The summed E-state index contributed by atoms with van der Waals surface area (Å²) in [7, 11) is 1.20. The molecule has 8 nitrogen and oxygen atoms in total. The van der Waals surface area contributed by atoms with E-state index in [2.05, 4.69) is 20.8 Å². The molecule has 0 saturated carbocycles. The van der Waals surface area contributed by atoms with Crippen molar-refractivity contribution in [3.63, 3.8) is 0 Å². The molecule has 49 heavy (non-hydrogen) atoms. The molecule has 2 N–H and O–H groups in total. The Labute approximate surface area is 292 Å². The van der Waals surface area contributed by atoms with Crippen LogP contribution in [-0.4, -0.2) is 43.1 Å². The van der Waals surface area contributed by atoms with Gasteiger partial charge in [-0.3, -0.25) is 9.59 Å². The van der Waals surface area contributed by atoms with Crippen molar-refractivity contribution in [3.8, 4) is 39.9 Å². The highest BCUT2D eigenvalue weighted by molar-refractivity contribution is 7.00. The first-order valence-electron chi connectivity index (χ1n) is 16.1. The van der Waals surface area contributed by atoms with Crippen LogP contribution in [0, 0.1) is 0 Å². The molecule has 0 spiro atoms. The Balaban J connectivity index is 1.87. The molecule has 0 aliphatic carbocycles. The SMILES string of the molecule is CCCc1c(Cl)c2c(OC)cc(-c3c(O)cc(O[Si](c4ccccc4)(c4ccccc4)C(C)(C)C)c(OC)c3C(C)=O)c(O)c2c(=O)n1C. The van der Waals surface area contributed by atoms with Crippen molar-refractivity contribution in [2.45, 2.75) is 52.5 Å². The number of fused-ring (bicyclic) bond motifs is 1. The van der Waals surface area contributed by atoms with Crippen LogP contribution in [0.2, 0.25) is 10.1 Å². The molecule has 4 aromatic carbocycles. The molecule has 0 radical (unpaired) electrons. The van der Waals surface area contributed by atoms with Crippen LogP contribution < -0.4 is 29.8 Å². The van der Waals surface area contributed by atoms with Gasteiger partial charge in [-0.2, -0.15) is 0 Å². The summed E-state index contributed by atoms with van der Waals surface area (Å²) in [5.74, 6) is -0.834.